The van der Waals surface area contributed by atoms with Crippen LogP contribution in [0.1, 0.15) is 36.6 Å². The van der Waals surface area contributed by atoms with Crippen molar-refractivity contribution < 1.29 is 28.7 Å². The molecule has 0 aliphatic rings. The van der Waals surface area contributed by atoms with Crippen LogP contribution in [0.25, 0.3) is 5.69 Å². The van der Waals surface area contributed by atoms with Crippen molar-refractivity contribution in [2.45, 2.75) is 26.2 Å². The van der Waals surface area contributed by atoms with Gasteiger partial charge < -0.3 is 14.2 Å². The molecule has 0 bridgehead atoms. The van der Waals surface area contributed by atoms with E-state index in [1.165, 1.54) is 18.7 Å². The van der Waals surface area contributed by atoms with E-state index in [0.717, 1.165) is 0 Å². The summed E-state index contributed by atoms with van der Waals surface area (Å²) in [5.74, 6) is -1.45. The lowest BCUT2D eigenvalue weighted by Gasteiger charge is -2.16. The number of methoxy groups -OCH3 is 1. The lowest BCUT2D eigenvalue weighted by atomic mass is 9.90. The molecule has 0 N–H and O–H groups in total. The van der Waals surface area contributed by atoms with Crippen molar-refractivity contribution in [3.8, 4) is 17.3 Å². The summed E-state index contributed by atoms with van der Waals surface area (Å²) in [5, 5.41) is 16.2. The van der Waals surface area contributed by atoms with E-state index in [4.69, 9.17) is 14.2 Å². The Morgan fingerprint density at radius 2 is 1.79 bits per heavy atom. The Bertz CT molecular complexity index is 1160. The first-order valence-electron chi connectivity index (χ1n) is 10.6. The van der Waals surface area contributed by atoms with Gasteiger partial charge >= 0.3 is 11.9 Å². The predicted molar refractivity (Wildman–Crippen MR) is 122 cm³/mol. The number of carbonyl (C=O) groups excluding carboxylic acids is 2. The maximum Gasteiger partial charge on any atom is 0.311 e. The SMILES string of the molecule is CCOC(=O)Cc1nn(-c2ccccc2)c(OC(C)=O)c1[C@H](C[N+](=O)[O-])c1ccc(OC)cc1. The highest BCUT2D eigenvalue weighted by atomic mass is 16.6. The molecule has 1 atom stereocenters. The number of nitrogens with zero attached hydrogens (tertiary/aromatic N) is 3. The molecule has 0 spiro atoms. The molecule has 3 rings (SSSR count). The van der Waals surface area contributed by atoms with Crippen LogP contribution in [0.3, 0.4) is 0 Å². The highest BCUT2D eigenvalue weighted by Gasteiger charge is 2.33. The molecular formula is C24H25N3O7. The highest BCUT2D eigenvalue weighted by molar-refractivity contribution is 5.74. The highest BCUT2D eigenvalue weighted by Crippen LogP contribution is 2.38. The number of para-hydroxylation sites is 1. The first-order valence-corrected chi connectivity index (χ1v) is 10.6. The van der Waals surface area contributed by atoms with Crippen molar-refractivity contribution in [2.24, 2.45) is 0 Å². The number of nitro groups is 1. The quantitative estimate of drug-likeness (QED) is 0.253. The van der Waals surface area contributed by atoms with E-state index in [0.29, 0.717) is 17.0 Å². The second-order valence-electron chi connectivity index (χ2n) is 7.33. The van der Waals surface area contributed by atoms with Gasteiger partial charge in [0.15, 0.2) is 0 Å². The Balaban J connectivity index is 2.27. The summed E-state index contributed by atoms with van der Waals surface area (Å²) in [7, 11) is 1.52. The van der Waals surface area contributed by atoms with Crippen molar-refractivity contribution in [1.82, 2.24) is 9.78 Å². The number of rotatable bonds is 10. The monoisotopic (exact) mass is 467 g/mol. The molecule has 0 unspecified atom stereocenters. The topological polar surface area (TPSA) is 123 Å². The molecule has 0 saturated carbocycles. The fraction of sp³-hybridized carbons (Fsp3) is 0.292. The van der Waals surface area contributed by atoms with Crippen LogP contribution in [0.15, 0.2) is 54.6 Å². The predicted octanol–water partition coefficient (Wildman–Crippen LogP) is 3.32. The normalized spacial score (nSPS) is 11.5. The minimum absolute atomic E-state index is 0.0145. The number of ether oxygens (including phenoxy) is 3. The van der Waals surface area contributed by atoms with Crippen LogP contribution in [-0.2, 0) is 20.7 Å². The zero-order chi connectivity index (χ0) is 24.7. The van der Waals surface area contributed by atoms with Crippen LogP contribution in [-0.4, -0.2) is 46.9 Å². The third-order valence-corrected chi connectivity index (χ3v) is 5.01. The van der Waals surface area contributed by atoms with Gasteiger partial charge in [0, 0.05) is 11.8 Å². The largest absolute Gasteiger partial charge is 0.497 e. The summed E-state index contributed by atoms with van der Waals surface area (Å²) in [5.41, 5.74) is 1.63. The average molecular weight is 467 g/mol. The summed E-state index contributed by atoms with van der Waals surface area (Å²) >= 11 is 0. The molecule has 0 saturated heterocycles. The third kappa shape index (κ3) is 5.77. The molecular weight excluding hydrogens is 442 g/mol. The number of esters is 2. The first-order chi connectivity index (χ1) is 16.3. The number of benzene rings is 2. The van der Waals surface area contributed by atoms with Crippen LogP contribution in [0.2, 0.25) is 0 Å². The minimum atomic E-state index is -0.864. The Morgan fingerprint density at radius 3 is 2.35 bits per heavy atom. The molecule has 1 heterocycles. The maximum atomic E-state index is 12.4. The summed E-state index contributed by atoms with van der Waals surface area (Å²) in [6.07, 6.45) is -0.248. The summed E-state index contributed by atoms with van der Waals surface area (Å²) in [4.78, 5) is 35.6. The average Bonchev–Trinajstić information content (AvgIpc) is 3.14. The molecule has 2 aromatic carbocycles. The fourth-order valence-electron chi connectivity index (χ4n) is 3.61. The van der Waals surface area contributed by atoms with Crippen LogP contribution in [0.4, 0.5) is 0 Å². The second kappa shape index (κ2) is 11.1. The molecule has 178 valence electrons. The lowest BCUT2D eigenvalue weighted by Crippen LogP contribution is -2.18. The van der Waals surface area contributed by atoms with E-state index in [1.54, 1.807) is 55.5 Å². The van der Waals surface area contributed by atoms with Crippen LogP contribution in [0.5, 0.6) is 11.6 Å². The number of hydrogen-bond donors (Lipinski definition) is 0. The Kier molecular flexibility index (Phi) is 7.96. The van der Waals surface area contributed by atoms with Gasteiger partial charge in [0.05, 0.1) is 43.0 Å². The van der Waals surface area contributed by atoms with Crippen molar-refractivity contribution in [3.63, 3.8) is 0 Å². The lowest BCUT2D eigenvalue weighted by molar-refractivity contribution is -0.481. The van der Waals surface area contributed by atoms with Gasteiger partial charge in [-0.3, -0.25) is 19.7 Å². The summed E-state index contributed by atoms with van der Waals surface area (Å²) < 4.78 is 17.2. The molecule has 0 amide bonds. The van der Waals surface area contributed by atoms with E-state index < -0.39 is 29.3 Å². The van der Waals surface area contributed by atoms with Gasteiger partial charge in [-0.1, -0.05) is 30.3 Å². The smallest absolute Gasteiger partial charge is 0.311 e. The number of carbonyl (C=O) groups is 2. The molecule has 3 aromatic rings. The van der Waals surface area contributed by atoms with Gasteiger partial charge in [-0.05, 0) is 36.8 Å². The molecule has 0 aliphatic carbocycles. The van der Waals surface area contributed by atoms with Crippen LogP contribution >= 0.6 is 0 Å². The number of aromatic nitrogens is 2. The van der Waals surface area contributed by atoms with E-state index in [-0.39, 0.29) is 30.2 Å². The fourth-order valence-corrected chi connectivity index (χ4v) is 3.61. The van der Waals surface area contributed by atoms with Gasteiger partial charge in [0.25, 0.3) is 0 Å². The molecule has 0 aliphatic heterocycles. The second-order valence-corrected chi connectivity index (χ2v) is 7.33. The van der Waals surface area contributed by atoms with Crippen LogP contribution in [0, 0.1) is 10.1 Å². The minimum Gasteiger partial charge on any atom is -0.497 e. The molecule has 0 fully saturated rings. The third-order valence-electron chi connectivity index (χ3n) is 5.01. The van der Waals surface area contributed by atoms with E-state index >= 15 is 0 Å². The number of hydrogen-bond acceptors (Lipinski definition) is 8. The Labute approximate surface area is 196 Å². The van der Waals surface area contributed by atoms with Crippen molar-refractivity contribution in [1.29, 1.82) is 0 Å². The molecule has 10 heteroatoms. The Hall–Kier alpha value is -4.21. The zero-order valence-electron chi connectivity index (χ0n) is 19.1. The maximum absolute atomic E-state index is 12.4. The van der Waals surface area contributed by atoms with E-state index in [1.807, 2.05) is 6.07 Å². The van der Waals surface area contributed by atoms with Crippen molar-refractivity contribution >= 4 is 11.9 Å². The van der Waals surface area contributed by atoms with Gasteiger partial charge in [-0.25, -0.2) is 4.68 Å². The van der Waals surface area contributed by atoms with Crippen molar-refractivity contribution in [3.05, 3.63) is 81.5 Å². The molecule has 10 nitrogen and oxygen atoms in total. The van der Waals surface area contributed by atoms with E-state index in [2.05, 4.69) is 5.10 Å². The standard InChI is InChI=1S/C24H25N3O7/c1-4-33-22(29)14-21-23(20(15-26(30)31)17-10-12-19(32-3)13-11-17)24(34-16(2)28)27(25-21)18-8-6-5-7-9-18/h5-13,20H,4,14-15H2,1-3H3/t20-/m1/s1. The summed E-state index contributed by atoms with van der Waals surface area (Å²) in [6, 6.07) is 15.6. The molecule has 34 heavy (non-hydrogen) atoms. The Morgan fingerprint density at radius 1 is 1.12 bits per heavy atom. The summed E-state index contributed by atoms with van der Waals surface area (Å²) in [6.45, 7) is 2.56. The van der Waals surface area contributed by atoms with Crippen LogP contribution < -0.4 is 9.47 Å². The van der Waals surface area contributed by atoms with Crippen molar-refractivity contribution in [2.75, 3.05) is 20.3 Å². The van der Waals surface area contributed by atoms with Gasteiger partial charge in [-0.2, -0.15) is 5.10 Å². The van der Waals surface area contributed by atoms with Gasteiger partial charge in [0.2, 0.25) is 12.4 Å². The zero-order valence-corrected chi connectivity index (χ0v) is 19.1. The molecule has 0 radical (unpaired) electrons. The van der Waals surface area contributed by atoms with Gasteiger partial charge in [0.1, 0.15) is 5.75 Å². The first kappa shape index (κ1) is 24.4. The van der Waals surface area contributed by atoms with Gasteiger partial charge in [-0.15, -0.1) is 0 Å². The van der Waals surface area contributed by atoms with E-state index in [9.17, 15) is 19.7 Å². The molecule has 1 aromatic heterocycles.